The lowest BCUT2D eigenvalue weighted by Crippen LogP contribution is -2.29. The maximum atomic E-state index is 13.4. The SMILES string of the molecule is CC(N)CNc1c2c(c(NCCN)c3ccsc13)C(=O)c1ccccc1C2=O. The molecule has 28 heavy (non-hydrogen) atoms. The van der Waals surface area contributed by atoms with Gasteiger partial charge in [0.1, 0.15) is 0 Å². The highest BCUT2D eigenvalue weighted by Crippen LogP contribution is 2.45. The number of nitrogens with one attached hydrogen (secondary N) is 2. The van der Waals surface area contributed by atoms with E-state index in [2.05, 4.69) is 10.6 Å². The van der Waals surface area contributed by atoms with Crippen LogP contribution in [0.15, 0.2) is 35.7 Å². The van der Waals surface area contributed by atoms with E-state index in [9.17, 15) is 9.59 Å². The number of thiophene rings is 1. The van der Waals surface area contributed by atoms with Gasteiger partial charge < -0.3 is 22.1 Å². The van der Waals surface area contributed by atoms with Gasteiger partial charge in [-0.15, -0.1) is 11.3 Å². The number of ketones is 2. The van der Waals surface area contributed by atoms with Crippen LogP contribution in [0.2, 0.25) is 0 Å². The third-order valence-corrected chi connectivity index (χ3v) is 5.76. The lowest BCUT2D eigenvalue weighted by atomic mass is 9.81. The molecule has 0 radical (unpaired) electrons. The summed E-state index contributed by atoms with van der Waals surface area (Å²) in [6, 6.07) is 8.84. The molecule has 6 N–H and O–H groups in total. The van der Waals surface area contributed by atoms with E-state index in [4.69, 9.17) is 11.5 Å². The highest BCUT2D eigenvalue weighted by atomic mass is 32.1. The molecule has 0 aliphatic heterocycles. The Morgan fingerprint density at radius 3 is 2.25 bits per heavy atom. The van der Waals surface area contributed by atoms with Crippen LogP contribution in [-0.4, -0.2) is 37.2 Å². The number of hydrogen-bond donors (Lipinski definition) is 4. The van der Waals surface area contributed by atoms with Gasteiger partial charge in [-0.05, 0) is 18.4 Å². The fourth-order valence-corrected chi connectivity index (χ4v) is 4.54. The van der Waals surface area contributed by atoms with Crippen molar-refractivity contribution in [1.29, 1.82) is 0 Å². The van der Waals surface area contributed by atoms with E-state index in [-0.39, 0.29) is 17.6 Å². The minimum Gasteiger partial charge on any atom is -0.383 e. The summed E-state index contributed by atoms with van der Waals surface area (Å²) in [5.41, 5.74) is 14.7. The standard InChI is InChI=1S/C21H22N4O2S/c1-11(23)10-25-18-16-15(17(24-8-7-22)14-6-9-28-21(14)18)19(26)12-4-2-3-5-13(12)20(16)27/h2-6,9,11,24-25H,7-8,10,22-23H2,1H3. The van der Waals surface area contributed by atoms with Gasteiger partial charge in [-0.3, -0.25) is 9.59 Å². The fourth-order valence-electron chi connectivity index (χ4n) is 3.61. The molecule has 1 aliphatic rings. The van der Waals surface area contributed by atoms with Crippen LogP contribution in [0.4, 0.5) is 11.4 Å². The number of carbonyl (C=O) groups excluding carboxylic acids is 2. The van der Waals surface area contributed by atoms with Gasteiger partial charge >= 0.3 is 0 Å². The smallest absolute Gasteiger partial charge is 0.196 e. The molecule has 0 spiro atoms. The maximum Gasteiger partial charge on any atom is 0.196 e. The van der Waals surface area contributed by atoms with Gasteiger partial charge in [-0.1, -0.05) is 24.3 Å². The minimum atomic E-state index is -0.151. The lowest BCUT2D eigenvalue weighted by Gasteiger charge is -2.25. The van der Waals surface area contributed by atoms with Crippen molar-refractivity contribution in [3.05, 3.63) is 58.0 Å². The topological polar surface area (TPSA) is 110 Å². The van der Waals surface area contributed by atoms with E-state index in [1.807, 2.05) is 18.4 Å². The molecular weight excluding hydrogens is 372 g/mol. The molecule has 0 fully saturated rings. The quantitative estimate of drug-likeness (QED) is 0.374. The molecule has 1 unspecified atom stereocenters. The zero-order chi connectivity index (χ0) is 19.8. The number of anilines is 2. The predicted octanol–water partition coefficient (Wildman–Crippen LogP) is 2.81. The van der Waals surface area contributed by atoms with Crippen LogP contribution < -0.4 is 22.1 Å². The molecule has 0 saturated heterocycles. The van der Waals surface area contributed by atoms with Crippen LogP contribution in [0.1, 0.15) is 38.8 Å². The fraction of sp³-hybridized carbons (Fsp3) is 0.238. The summed E-state index contributed by atoms with van der Waals surface area (Å²) in [4.78, 5) is 26.9. The van der Waals surface area contributed by atoms with E-state index in [1.54, 1.807) is 24.3 Å². The van der Waals surface area contributed by atoms with E-state index in [0.29, 0.717) is 53.3 Å². The summed E-state index contributed by atoms with van der Waals surface area (Å²) in [5.74, 6) is -0.301. The van der Waals surface area contributed by atoms with Crippen LogP contribution >= 0.6 is 11.3 Å². The van der Waals surface area contributed by atoms with E-state index in [0.717, 1.165) is 10.1 Å². The second-order valence-electron chi connectivity index (χ2n) is 6.94. The normalized spacial score (nSPS) is 14.0. The Kier molecular flexibility index (Phi) is 4.89. The Morgan fingerprint density at radius 2 is 1.64 bits per heavy atom. The number of hydrogen-bond acceptors (Lipinski definition) is 7. The van der Waals surface area contributed by atoms with E-state index >= 15 is 0 Å². The summed E-state index contributed by atoms with van der Waals surface area (Å²) < 4.78 is 0.930. The first-order valence-corrected chi connectivity index (χ1v) is 10.1. The number of fused-ring (bicyclic) bond motifs is 3. The zero-order valence-corrected chi connectivity index (χ0v) is 16.4. The molecule has 144 valence electrons. The van der Waals surface area contributed by atoms with Crippen molar-refractivity contribution in [3.8, 4) is 0 Å². The molecule has 7 heteroatoms. The summed E-state index contributed by atoms with van der Waals surface area (Å²) in [5, 5.41) is 9.48. The maximum absolute atomic E-state index is 13.4. The van der Waals surface area contributed by atoms with Crippen LogP contribution in [0.5, 0.6) is 0 Å². The largest absolute Gasteiger partial charge is 0.383 e. The first kappa shape index (κ1) is 18.6. The molecule has 0 amide bonds. The average Bonchev–Trinajstić information content (AvgIpc) is 3.18. The number of benzene rings is 2. The van der Waals surface area contributed by atoms with Crippen LogP contribution in [0.3, 0.4) is 0 Å². The van der Waals surface area contributed by atoms with Crippen molar-refractivity contribution >= 4 is 44.4 Å². The third-order valence-electron chi connectivity index (χ3n) is 4.83. The second kappa shape index (κ2) is 7.35. The Hall–Kier alpha value is -2.74. The average molecular weight is 395 g/mol. The summed E-state index contributed by atoms with van der Waals surface area (Å²) in [6.07, 6.45) is 0. The molecule has 0 bridgehead atoms. The molecular formula is C21H22N4O2S. The Bertz CT molecular complexity index is 1090. The monoisotopic (exact) mass is 394 g/mol. The van der Waals surface area contributed by atoms with Crippen molar-refractivity contribution in [2.45, 2.75) is 13.0 Å². The van der Waals surface area contributed by atoms with Gasteiger partial charge in [0.2, 0.25) is 0 Å². The van der Waals surface area contributed by atoms with Crippen LogP contribution in [0.25, 0.3) is 10.1 Å². The molecule has 3 aromatic rings. The van der Waals surface area contributed by atoms with Gasteiger partial charge in [0.05, 0.1) is 27.2 Å². The van der Waals surface area contributed by atoms with Crippen LogP contribution in [-0.2, 0) is 0 Å². The van der Waals surface area contributed by atoms with Crippen molar-refractivity contribution in [1.82, 2.24) is 0 Å². The van der Waals surface area contributed by atoms with Gasteiger partial charge in [0, 0.05) is 42.2 Å². The second-order valence-corrected chi connectivity index (χ2v) is 7.86. The highest BCUT2D eigenvalue weighted by molar-refractivity contribution is 7.18. The Morgan fingerprint density at radius 1 is 1.00 bits per heavy atom. The minimum absolute atomic E-state index is 0.0950. The highest BCUT2D eigenvalue weighted by Gasteiger charge is 2.36. The van der Waals surface area contributed by atoms with Gasteiger partial charge in [0.25, 0.3) is 0 Å². The van der Waals surface area contributed by atoms with E-state index < -0.39 is 0 Å². The molecule has 0 saturated carbocycles. The first-order valence-electron chi connectivity index (χ1n) is 9.23. The predicted molar refractivity (Wildman–Crippen MR) is 115 cm³/mol. The van der Waals surface area contributed by atoms with E-state index in [1.165, 1.54) is 11.3 Å². The molecule has 1 aromatic heterocycles. The Labute approximate surface area is 166 Å². The van der Waals surface area contributed by atoms with Crippen molar-refractivity contribution in [2.75, 3.05) is 30.3 Å². The first-order chi connectivity index (χ1) is 13.5. The van der Waals surface area contributed by atoms with Crippen LogP contribution in [0, 0.1) is 0 Å². The van der Waals surface area contributed by atoms with Gasteiger partial charge in [-0.25, -0.2) is 0 Å². The van der Waals surface area contributed by atoms with Gasteiger partial charge in [-0.2, -0.15) is 0 Å². The number of carbonyl (C=O) groups is 2. The zero-order valence-electron chi connectivity index (χ0n) is 15.5. The molecule has 4 rings (SSSR count). The Balaban J connectivity index is 2.04. The summed E-state index contributed by atoms with van der Waals surface area (Å²) in [7, 11) is 0. The molecule has 2 aromatic carbocycles. The number of rotatable bonds is 6. The van der Waals surface area contributed by atoms with Gasteiger partial charge in [0.15, 0.2) is 11.6 Å². The van der Waals surface area contributed by atoms with Crippen molar-refractivity contribution < 1.29 is 9.59 Å². The third kappa shape index (κ3) is 2.88. The summed E-state index contributed by atoms with van der Waals surface area (Å²) >= 11 is 1.53. The molecule has 1 heterocycles. The molecule has 6 nitrogen and oxygen atoms in total. The molecule has 1 atom stereocenters. The number of nitrogens with two attached hydrogens (primary N) is 2. The lowest BCUT2D eigenvalue weighted by molar-refractivity contribution is 0.0980. The summed E-state index contributed by atoms with van der Waals surface area (Å²) in [6.45, 7) is 3.32. The van der Waals surface area contributed by atoms with Crippen molar-refractivity contribution in [2.24, 2.45) is 11.5 Å². The van der Waals surface area contributed by atoms with Crippen molar-refractivity contribution in [3.63, 3.8) is 0 Å². The molecule has 1 aliphatic carbocycles.